The average molecular weight is 578 g/mol. The van der Waals surface area contributed by atoms with Gasteiger partial charge >= 0.3 is 12.1 Å². The highest BCUT2D eigenvalue weighted by molar-refractivity contribution is 6.01. The Morgan fingerprint density at radius 3 is 2.19 bits per heavy atom. The molecule has 8 heteroatoms. The number of unbranched alkanes of at least 4 members (excludes halogenated alkanes) is 2. The van der Waals surface area contributed by atoms with Gasteiger partial charge in [0.15, 0.2) is 0 Å². The van der Waals surface area contributed by atoms with Crippen LogP contribution < -0.4 is 4.90 Å². The number of nitrogens with zero attached hydrogens (tertiary/aromatic N) is 3. The van der Waals surface area contributed by atoms with Crippen molar-refractivity contribution in [1.29, 1.82) is 0 Å². The van der Waals surface area contributed by atoms with Crippen LogP contribution in [0.3, 0.4) is 0 Å². The maximum atomic E-state index is 14.6. The molecule has 0 aromatic heterocycles. The zero-order chi connectivity index (χ0) is 29.7. The van der Waals surface area contributed by atoms with Crippen LogP contribution in [0.25, 0.3) is 11.1 Å². The fourth-order valence-corrected chi connectivity index (χ4v) is 6.07. The van der Waals surface area contributed by atoms with Crippen molar-refractivity contribution in [2.24, 2.45) is 5.92 Å². The van der Waals surface area contributed by atoms with Gasteiger partial charge in [0.2, 0.25) is 0 Å². The van der Waals surface area contributed by atoms with Gasteiger partial charge in [-0.3, -0.25) is 19.5 Å². The predicted octanol–water partition coefficient (Wildman–Crippen LogP) is 6.84. The first kappa shape index (κ1) is 31.7. The quantitative estimate of drug-likeness (QED) is 0.156. The van der Waals surface area contributed by atoms with Gasteiger partial charge in [-0.25, -0.2) is 9.80 Å². The van der Waals surface area contributed by atoms with E-state index in [2.05, 4.69) is 18.9 Å². The maximum Gasteiger partial charge on any atom is 0.422 e. The summed E-state index contributed by atoms with van der Waals surface area (Å²) in [5.41, 5.74) is 2.62. The van der Waals surface area contributed by atoms with E-state index in [4.69, 9.17) is 9.47 Å². The van der Waals surface area contributed by atoms with E-state index in [0.29, 0.717) is 45.0 Å². The first-order chi connectivity index (χ1) is 20.5. The Labute approximate surface area is 250 Å². The van der Waals surface area contributed by atoms with E-state index in [9.17, 15) is 14.4 Å². The topological polar surface area (TPSA) is 79.4 Å². The van der Waals surface area contributed by atoms with Crippen molar-refractivity contribution in [3.8, 4) is 11.1 Å². The lowest BCUT2D eigenvalue weighted by Crippen LogP contribution is -2.60. The van der Waals surface area contributed by atoms with Gasteiger partial charge in [0.05, 0.1) is 13.2 Å². The molecule has 1 saturated carbocycles. The molecule has 0 bridgehead atoms. The minimum absolute atomic E-state index is 0.0387. The molecule has 4 rings (SSSR count). The molecule has 0 radical (unpaired) electrons. The van der Waals surface area contributed by atoms with Crippen molar-refractivity contribution in [2.45, 2.75) is 84.1 Å². The van der Waals surface area contributed by atoms with Gasteiger partial charge in [0.1, 0.15) is 6.04 Å². The van der Waals surface area contributed by atoms with Crippen LogP contribution in [0.15, 0.2) is 54.6 Å². The second-order valence-corrected chi connectivity index (χ2v) is 11.4. The minimum Gasteiger partial charge on any atom is -0.379 e. The van der Waals surface area contributed by atoms with E-state index in [1.165, 1.54) is 4.90 Å². The first-order valence-electron chi connectivity index (χ1n) is 15.9. The van der Waals surface area contributed by atoms with Gasteiger partial charge in [-0.15, -0.1) is 0 Å². The Kier molecular flexibility index (Phi) is 12.4. The number of morpholine rings is 1. The molecule has 1 aliphatic heterocycles. The molecule has 8 nitrogen and oxygen atoms in total. The SMILES string of the molecule is CCCCCC(=O)OC(=O)N(c1ccc(-c2ccccc2)cc1)C(C(=O)N(CCC)N1CCOCC1)C1CCCCC1. The number of carbonyl (C=O) groups excluding carboxylic acids is 3. The molecule has 1 aliphatic carbocycles. The molecule has 0 spiro atoms. The highest BCUT2D eigenvalue weighted by atomic mass is 16.6. The van der Waals surface area contributed by atoms with Gasteiger partial charge in [0.25, 0.3) is 5.91 Å². The van der Waals surface area contributed by atoms with E-state index in [-0.39, 0.29) is 18.2 Å². The number of esters is 1. The Hall–Kier alpha value is -3.23. The van der Waals surface area contributed by atoms with Crippen LogP contribution in [0.1, 0.15) is 78.1 Å². The lowest BCUT2D eigenvalue weighted by molar-refractivity contribution is -0.160. The second kappa shape index (κ2) is 16.4. The van der Waals surface area contributed by atoms with Gasteiger partial charge in [-0.1, -0.05) is 88.4 Å². The Morgan fingerprint density at radius 1 is 0.881 bits per heavy atom. The molecule has 2 aromatic rings. The molecule has 2 aromatic carbocycles. The van der Waals surface area contributed by atoms with Gasteiger partial charge in [0, 0.05) is 31.7 Å². The van der Waals surface area contributed by atoms with Crippen LogP contribution >= 0.6 is 0 Å². The normalized spacial score (nSPS) is 16.9. The van der Waals surface area contributed by atoms with Gasteiger partial charge < -0.3 is 9.47 Å². The number of benzene rings is 2. The number of amides is 2. The summed E-state index contributed by atoms with van der Waals surface area (Å²) >= 11 is 0. The molecular formula is C34H47N3O5. The fourth-order valence-electron chi connectivity index (χ4n) is 6.07. The third kappa shape index (κ3) is 8.42. The molecule has 1 heterocycles. The van der Waals surface area contributed by atoms with Crippen molar-refractivity contribution >= 4 is 23.7 Å². The molecule has 228 valence electrons. The minimum atomic E-state index is -0.779. The number of hydrazine groups is 1. The number of anilines is 1. The zero-order valence-corrected chi connectivity index (χ0v) is 25.3. The number of hydrogen-bond acceptors (Lipinski definition) is 6. The smallest absolute Gasteiger partial charge is 0.379 e. The lowest BCUT2D eigenvalue weighted by Gasteiger charge is -2.43. The van der Waals surface area contributed by atoms with Crippen LogP contribution in [0, 0.1) is 5.92 Å². The van der Waals surface area contributed by atoms with Crippen molar-refractivity contribution in [3.05, 3.63) is 54.6 Å². The standard InChI is InChI=1S/C34H47N3O5/c1-3-5-8-17-31(38)42-34(40)37(30-20-18-28(19-21-30)27-13-9-6-10-14-27)32(29-15-11-7-12-16-29)33(39)36(22-4-2)35-23-25-41-26-24-35/h6,9-10,13-14,18-21,29,32H,3-5,7-8,11-12,15-17,22-26H2,1-2H3. The van der Waals surface area contributed by atoms with Crippen molar-refractivity contribution in [3.63, 3.8) is 0 Å². The molecule has 42 heavy (non-hydrogen) atoms. The lowest BCUT2D eigenvalue weighted by atomic mass is 9.82. The van der Waals surface area contributed by atoms with Gasteiger partial charge in [-0.2, -0.15) is 0 Å². The van der Waals surface area contributed by atoms with Crippen LogP contribution in [-0.4, -0.2) is 66.9 Å². The Balaban J connectivity index is 1.72. The van der Waals surface area contributed by atoms with Crippen molar-refractivity contribution < 1.29 is 23.9 Å². The largest absolute Gasteiger partial charge is 0.422 e. The average Bonchev–Trinajstić information content (AvgIpc) is 3.03. The third-order valence-electron chi connectivity index (χ3n) is 8.28. The third-order valence-corrected chi connectivity index (χ3v) is 8.28. The van der Waals surface area contributed by atoms with E-state index < -0.39 is 18.1 Å². The van der Waals surface area contributed by atoms with Crippen LogP contribution in [-0.2, 0) is 19.1 Å². The summed E-state index contributed by atoms with van der Waals surface area (Å²) in [4.78, 5) is 42.9. The highest BCUT2D eigenvalue weighted by Gasteiger charge is 2.42. The molecular weight excluding hydrogens is 530 g/mol. The van der Waals surface area contributed by atoms with E-state index in [1.54, 1.807) is 0 Å². The summed E-state index contributed by atoms with van der Waals surface area (Å²) in [6, 6.07) is 16.9. The zero-order valence-electron chi connectivity index (χ0n) is 25.3. The van der Waals surface area contributed by atoms with Crippen molar-refractivity contribution in [2.75, 3.05) is 37.7 Å². The number of carbonyl (C=O) groups is 3. The number of hydrogen-bond donors (Lipinski definition) is 0. The molecule has 1 saturated heterocycles. The second-order valence-electron chi connectivity index (χ2n) is 11.4. The molecule has 1 atom stereocenters. The molecule has 2 fully saturated rings. The summed E-state index contributed by atoms with van der Waals surface area (Å²) in [5.74, 6) is -0.704. The van der Waals surface area contributed by atoms with Crippen LogP contribution in [0.4, 0.5) is 10.5 Å². The Bertz CT molecular complexity index is 1130. The summed E-state index contributed by atoms with van der Waals surface area (Å²) in [6.07, 6.45) is 7.53. The van der Waals surface area contributed by atoms with Gasteiger partial charge in [-0.05, 0) is 54.9 Å². The monoisotopic (exact) mass is 577 g/mol. The van der Waals surface area contributed by atoms with Crippen molar-refractivity contribution in [1.82, 2.24) is 10.0 Å². The number of ether oxygens (including phenoxy) is 2. The van der Waals surface area contributed by atoms with Crippen LogP contribution in [0.5, 0.6) is 0 Å². The Morgan fingerprint density at radius 2 is 1.55 bits per heavy atom. The van der Waals surface area contributed by atoms with E-state index in [0.717, 1.165) is 62.5 Å². The maximum absolute atomic E-state index is 14.6. The van der Waals surface area contributed by atoms with E-state index in [1.807, 2.05) is 59.6 Å². The highest BCUT2D eigenvalue weighted by Crippen LogP contribution is 2.34. The molecule has 0 N–H and O–H groups in total. The predicted molar refractivity (Wildman–Crippen MR) is 165 cm³/mol. The summed E-state index contributed by atoms with van der Waals surface area (Å²) in [5, 5.41) is 3.88. The number of rotatable bonds is 12. The molecule has 2 amide bonds. The summed E-state index contributed by atoms with van der Waals surface area (Å²) in [6.45, 7) is 7.02. The van der Waals surface area contributed by atoms with E-state index >= 15 is 0 Å². The van der Waals surface area contributed by atoms with Crippen LogP contribution in [0.2, 0.25) is 0 Å². The molecule has 1 unspecified atom stereocenters. The summed E-state index contributed by atoms with van der Waals surface area (Å²) < 4.78 is 11.0. The first-order valence-corrected chi connectivity index (χ1v) is 15.9. The molecule has 2 aliphatic rings. The summed E-state index contributed by atoms with van der Waals surface area (Å²) in [7, 11) is 0. The fraction of sp³-hybridized carbons (Fsp3) is 0.559.